The molecule has 108 valence electrons. The van der Waals surface area contributed by atoms with Crippen molar-refractivity contribution < 1.29 is 0 Å². The van der Waals surface area contributed by atoms with Crippen LogP contribution < -0.4 is 0 Å². The monoisotopic (exact) mass is 270 g/mol. The van der Waals surface area contributed by atoms with Gasteiger partial charge in [0.25, 0.3) is 0 Å². The molecule has 0 aromatic heterocycles. The summed E-state index contributed by atoms with van der Waals surface area (Å²) in [5.74, 6) is 6.17. The summed E-state index contributed by atoms with van der Waals surface area (Å²) in [6.07, 6.45) is 14.3. The molecule has 2 heteroatoms. The Hall–Kier alpha value is -0.400. The van der Waals surface area contributed by atoms with Gasteiger partial charge in [0, 0.05) is 0 Å². The van der Waals surface area contributed by atoms with E-state index in [1.165, 1.54) is 64.2 Å². The fourth-order valence-corrected chi connectivity index (χ4v) is 7.13. The fourth-order valence-electron chi connectivity index (χ4n) is 7.13. The summed E-state index contributed by atoms with van der Waals surface area (Å²) in [7, 11) is 0. The summed E-state index contributed by atoms with van der Waals surface area (Å²) in [5, 5.41) is 10.4. The van der Waals surface area contributed by atoms with Crippen molar-refractivity contribution in [3.63, 3.8) is 0 Å². The van der Waals surface area contributed by atoms with Crippen LogP contribution in [-0.4, -0.2) is 11.1 Å². The maximum absolute atomic E-state index is 5.19. The lowest BCUT2D eigenvalue weighted by molar-refractivity contribution is 0.0931. The van der Waals surface area contributed by atoms with Gasteiger partial charge in [0.1, 0.15) is 0 Å². The third-order valence-electron chi connectivity index (χ3n) is 8.51. The molecule has 2 nitrogen and oxygen atoms in total. The second-order valence-corrected chi connectivity index (χ2v) is 9.09. The Kier molecular flexibility index (Phi) is 1.87. The van der Waals surface area contributed by atoms with Gasteiger partial charge < -0.3 is 0 Å². The van der Waals surface area contributed by atoms with E-state index in [9.17, 15) is 0 Å². The third kappa shape index (κ3) is 1.24. The number of azo groups is 1. The van der Waals surface area contributed by atoms with Gasteiger partial charge in [-0.2, -0.15) is 10.2 Å². The lowest BCUT2D eigenvalue weighted by atomic mass is 9.65. The van der Waals surface area contributed by atoms with Crippen molar-refractivity contribution in [2.75, 3.05) is 0 Å². The average molecular weight is 270 g/mol. The summed E-state index contributed by atoms with van der Waals surface area (Å²) in [5.41, 5.74) is 0.652. The number of rotatable bonds is 2. The van der Waals surface area contributed by atoms with Gasteiger partial charge >= 0.3 is 0 Å². The predicted molar refractivity (Wildman–Crippen MR) is 77.4 cm³/mol. The molecule has 20 heavy (non-hydrogen) atoms. The molecule has 8 fully saturated rings. The maximum Gasteiger partial charge on any atom is 0.0847 e. The van der Waals surface area contributed by atoms with Gasteiger partial charge in [-0.3, -0.25) is 0 Å². The molecule has 0 aromatic carbocycles. The van der Waals surface area contributed by atoms with Gasteiger partial charge in [0.05, 0.1) is 11.1 Å². The largest absolute Gasteiger partial charge is 0.187 e. The van der Waals surface area contributed by atoms with Crippen molar-refractivity contribution in [2.24, 2.45) is 45.7 Å². The Morgan fingerprint density at radius 2 is 1.00 bits per heavy atom. The maximum atomic E-state index is 5.19. The normalized spacial score (nSPS) is 65.2. The second-order valence-electron chi connectivity index (χ2n) is 9.09. The molecule has 4 unspecified atom stereocenters. The molecule has 4 atom stereocenters. The molecule has 8 rings (SSSR count). The number of hydrogen-bond donors (Lipinski definition) is 0. The van der Waals surface area contributed by atoms with Crippen molar-refractivity contribution in [2.45, 2.75) is 75.3 Å². The highest BCUT2D eigenvalue weighted by molar-refractivity contribution is 5.18. The predicted octanol–water partition coefficient (Wildman–Crippen LogP) is 4.60. The zero-order valence-electron chi connectivity index (χ0n) is 12.4. The molecule has 0 spiro atoms. The molecule has 0 N–H and O–H groups in total. The Morgan fingerprint density at radius 3 is 1.40 bits per heavy atom. The first-order valence-corrected chi connectivity index (χ1v) is 9.24. The quantitative estimate of drug-likeness (QED) is 0.655. The Morgan fingerprint density at radius 1 is 0.600 bits per heavy atom. The van der Waals surface area contributed by atoms with E-state index in [4.69, 9.17) is 10.2 Å². The summed E-state index contributed by atoms with van der Waals surface area (Å²) in [6.45, 7) is 0. The highest BCUT2D eigenvalue weighted by atomic mass is 15.2. The van der Waals surface area contributed by atoms with Gasteiger partial charge in [-0.1, -0.05) is 0 Å². The van der Waals surface area contributed by atoms with E-state index in [1.54, 1.807) is 0 Å². The van der Waals surface area contributed by atoms with Crippen LogP contribution in [0.25, 0.3) is 0 Å². The molecular weight excluding hydrogens is 244 g/mol. The first-order valence-electron chi connectivity index (χ1n) is 9.24. The van der Waals surface area contributed by atoms with Crippen LogP contribution in [0.15, 0.2) is 10.2 Å². The fraction of sp³-hybridized carbons (Fsp3) is 1.00. The van der Waals surface area contributed by atoms with E-state index in [-0.39, 0.29) is 0 Å². The molecule has 8 aliphatic rings. The summed E-state index contributed by atoms with van der Waals surface area (Å²) < 4.78 is 0. The van der Waals surface area contributed by atoms with E-state index in [0.29, 0.717) is 11.1 Å². The Bertz CT molecular complexity index is 436. The van der Waals surface area contributed by atoms with E-state index in [1.807, 2.05) is 0 Å². The first kappa shape index (κ1) is 11.2. The lowest BCUT2D eigenvalue weighted by Gasteiger charge is -2.45. The van der Waals surface area contributed by atoms with E-state index < -0.39 is 0 Å². The molecule has 0 aromatic rings. The van der Waals surface area contributed by atoms with E-state index in [2.05, 4.69) is 0 Å². The van der Waals surface area contributed by atoms with Gasteiger partial charge in [0.15, 0.2) is 0 Å². The molecule has 8 aliphatic carbocycles. The van der Waals surface area contributed by atoms with Crippen LogP contribution in [0.4, 0.5) is 0 Å². The van der Waals surface area contributed by atoms with Crippen LogP contribution >= 0.6 is 0 Å². The third-order valence-corrected chi connectivity index (χ3v) is 8.51. The molecule has 0 saturated heterocycles. The zero-order chi connectivity index (χ0) is 12.9. The molecular formula is C18H26N2. The van der Waals surface area contributed by atoms with Gasteiger partial charge in [-0.15, -0.1) is 0 Å². The molecule has 0 aliphatic heterocycles. The number of fused-ring (bicyclic) bond motifs is 4. The molecule has 0 heterocycles. The topological polar surface area (TPSA) is 24.7 Å². The minimum absolute atomic E-state index is 0.326. The molecule has 8 saturated carbocycles. The van der Waals surface area contributed by atoms with Crippen LogP contribution in [0.1, 0.15) is 64.2 Å². The van der Waals surface area contributed by atoms with Crippen LogP contribution in [0, 0.1) is 35.5 Å². The van der Waals surface area contributed by atoms with Crippen molar-refractivity contribution >= 4 is 0 Å². The van der Waals surface area contributed by atoms with E-state index >= 15 is 0 Å². The van der Waals surface area contributed by atoms with E-state index in [0.717, 1.165) is 35.5 Å². The van der Waals surface area contributed by atoms with Crippen molar-refractivity contribution in [1.82, 2.24) is 0 Å². The minimum Gasteiger partial charge on any atom is -0.187 e. The number of nitrogens with zero attached hydrogens (tertiary/aromatic N) is 2. The highest BCUT2D eigenvalue weighted by Gasteiger charge is 2.64. The second kappa shape index (κ2) is 3.33. The Balaban J connectivity index is 1.32. The standard InChI is InChI=1S/C18H26N2/c1-5-17(6-2-11(1)13-9-15(13)17)19-20-18-7-3-12(4-8-18)14-10-16(14)18/h11-16H,1-10H2. The molecule has 0 radical (unpaired) electrons. The first-order chi connectivity index (χ1) is 9.80. The van der Waals surface area contributed by atoms with Gasteiger partial charge in [0.2, 0.25) is 0 Å². The van der Waals surface area contributed by atoms with Gasteiger partial charge in [-0.05, 0) is 99.7 Å². The SMILES string of the molecule is C1CC2(N=NC34CCC(CC3)C3CC34)CCC1C1CC12. The van der Waals surface area contributed by atoms with Crippen LogP contribution in [0.3, 0.4) is 0 Å². The van der Waals surface area contributed by atoms with Crippen LogP contribution in [0.5, 0.6) is 0 Å². The van der Waals surface area contributed by atoms with Crippen LogP contribution in [-0.2, 0) is 0 Å². The Labute approximate surface area is 121 Å². The van der Waals surface area contributed by atoms with Gasteiger partial charge in [-0.25, -0.2) is 0 Å². The minimum atomic E-state index is 0.326. The molecule has 4 bridgehead atoms. The zero-order valence-corrected chi connectivity index (χ0v) is 12.4. The molecule has 0 amide bonds. The summed E-state index contributed by atoms with van der Waals surface area (Å²) >= 11 is 0. The average Bonchev–Trinajstić information content (AvgIpc) is 3.40. The highest BCUT2D eigenvalue weighted by Crippen LogP contribution is 2.68. The summed E-state index contributed by atoms with van der Waals surface area (Å²) in [6, 6.07) is 0. The van der Waals surface area contributed by atoms with Crippen molar-refractivity contribution in [3.05, 3.63) is 0 Å². The lowest BCUT2D eigenvalue weighted by Crippen LogP contribution is -2.44. The van der Waals surface area contributed by atoms with Crippen molar-refractivity contribution in [1.29, 1.82) is 0 Å². The number of hydrogen-bond acceptors (Lipinski definition) is 2. The summed E-state index contributed by atoms with van der Waals surface area (Å²) in [4.78, 5) is 0. The van der Waals surface area contributed by atoms with Crippen LogP contribution in [0.2, 0.25) is 0 Å². The smallest absolute Gasteiger partial charge is 0.0847 e. The van der Waals surface area contributed by atoms with Crippen molar-refractivity contribution in [3.8, 4) is 0 Å².